The van der Waals surface area contributed by atoms with Gasteiger partial charge in [-0.05, 0) is 42.5 Å². The maximum atomic E-state index is 12.6. The number of nitrogens with zero attached hydrogens (tertiary/aromatic N) is 2. The van der Waals surface area contributed by atoms with Crippen LogP contribution in [0.5, 0.6) is 0 Å². The molecule has 4 rings (SSSR count). The quantitative estimate of drug-likeness (QED) is 0.682. The number of para-hydroxylation sites is 2. The van der Waals surface area contributed by atoms with Crippen LogP contribution in [0.1, 0.15) is 29.6 Å². The van der Waals surface area contributed by atoms with Gasteiger partial charge < -0.3 is 14.8 Å². The van der Waals surface area contributed by atoms with Crippen LogP contribution in [0.2, 0.25) is 0 Å². The molecule has 1 fully saturated rings. The van der Waals surface area contributed by atoms with Crippen molar-refractivity contribution in [2.75, 3.05) is 18.0 Å². The van der Waals surface area contributed by atoms with Crippen molar-refractivity contribution in [3.8, 4) is 0 Å². The van der Waals surface area contributed by atoms with E-state index in [2.05, 4.69) is 34.3 Å². The first-order valence-corrected chi connectivity index (χ1v) is 9.45. The van der Waals surface area contributed by atoms with E-state index < -0.39 is 0 Å². The molecule has 3 aromatic rings. The van der Waals surface area contributed by atoms with Gasteiger partial charge in [0.25, 0.3) is 5.91 Å². The first-order valence-electron chi connectivity index (χ1n) is 9.45. The minimum Gasteiger partial charge on any atom is -0.352 e. The van der Waals surface area contributed by atoms with Gasteiger partial charge in [-0.1, -0.05) is 30.3 Å². The highest BCUT2D eigenvalue weighted by Crippen LogP contribution is 2.25. The molecule has 1 aliphatic heterocycles. The minimum atomic E-state index is -0.123. The highest BCUT2D eigenvalue weighted by Gasteiger charge is 2.25. The molecule has 2 heterocycles. The number of rotatable bonds is 6. The van der Waals surface area contributed by atoms with Gasteiger partial charge in [-0.3, -0.25) is 9.59 Å². The largest absolute Gasteiger partial charge is 0.352 e. The van der Waals surface area contributed by atoms with Crippen molar-refractivity contribution in [3.63, 3.8) is 0 Å². The summed E-state index contributed by atoms with van der Waals surface area (Å²) in [4.78, 5) is 26.4. The summed E-state index contributed by atoms with van der Waals surface area (Å²) in [5, 5.41) is 4.23. The molecule has 0 atom stereocenters. The van der Waals surface area contributed by atoms with E-state index in [1.54, 1.807) is 11.0 Å². The zero-order valence-electron chi connectivity index (χ0n) is 15.2. The molecule has 0 radical (unpaired) electrons. The number of aromatic nitrogens is 1. The summed E-state index contributed by atoms with van der Waals surface area (Å²) in [6.45, 7) is 2.12. The van der Waals surface area contributed by atoms with E-state index in [0.29, 0.717) is 30.8 Å². The van der Waals surface area contributed by atoms with Gasteiger partial charge in [0.2, 0.25) is 5.91 Å². The fraction of sp³-hybridized carbons (Fsp3) is 0.273. The van der Waals surface area contributed by atoms with E-state index in [-0.39, 0.29) is 11.8 Å². The topological polar surface area (TPSA) is 54.3 Å². The first kappa shape index (κ1) is 17.3. The molecule has 5 heteroatoms. The Morgan fingerprint density at radius 1 is 1.04 bits per heavy atom. The van der Waals surface area contributed by atoms with Gasteiger partial charge in [0, 0.05) is 37.8 Å². The lowest BCUT2D eigenvalue weighted by Crippen LogP contribution is -2.30. The number of aryl methyl sites for hydroxylation is 1. The fourth-order valence-electron chi connectivity index (χ4n) is 3.69. The lowest BCUT2D eigenvalue weighted by Gasteiger charge is -2.19. The molecule has 2 amide bonds. The van der Waals surface area contributed by atoms with Crippen molar-refractivity contribution >= 4 is 28.4 Å². The maximum absolute atomic E-state index is 12.6. The molecule has 0 spiro atoms. The Morgan fingerprint density at radius 3 is 2.70 bits per heavy atom. The number of amides is 2. The minimum absolute atomic E-state index is 0.0923. The molecule has 0 bridgehead atoms. The molecule has 2 aromatic carbocycles. The molecule has 0 unspecified atom stereocenters. The Labute approximate surface area is 158 Å². The molecule has 1 N–H and O–H groups in total. The second-order valence-corrected chi connectivity index (χ2v) is 6.84. The highest BCUT2D eigenvalue weighted by molar-refractivity contribution is 6.05. The van der Waals surface area contributed by atoms with Crippen molar-refractivity contribution in [2.45, 2.75) is 25.8 Å². The number of carbonyl (C=O) groups excluding carboxylic acids is 2. The Hall–Kier alpha value is -3.08. The average molecular weight is 361 g/mol. The predicted octanol–water partition coefficient (Wildman–Crippen LogP) is 3.59. The monoisotopic (exact) mass is 361 g/mol. The summed E-state index contributed by atoms with van der Waals surface area (Å²) in [7, 11) is 0. The number of hydrogen-bond acceptors (Lipinski definition) is 2. The summed E-state index contributed by atoms with van der Waals surface area (Å²) in [6.07, 6.45) is 4.33. The van der Waals surface area contributed by atoms with E-state index >= 15 is 0 Å². The van der Waals surface area contributed by atoms with Crippen LogP contribution in [0.3, 0.4) is 0 Å². The summed E-state index contributed by atoms with van der Waals surface area (Å²) in [5.41, 5.74) is 2.50. The lowest BCUT2D eigenvalue weighted by atomic mass is 10.1. The molecule has 1 aliphatic rings. The smallest absolute Gasteiger partial charge is 0.253 e. The molecule has 27 heavy (non-hydrogen) atoms. The van der Waals surface area contributed by atoms with E-state index in [0.717, 1.165) is 19.4 Å². The van der Waals surface area contributed by atoms with Crippen LogP contribution in [-0.2, 0) is 11.3 Å². The molecule has 1 saturated heterocycles. The molecule has 138 valence electrons. The summed E-state index contributed by atoms with van der Waals surface area (Å²) in [5.74, 6) is -0.0302. The Balaban J connectivity index is 1.37. The number of hydrogen-bond donors (Lipinski definition) is 1. The van der Waals surface area contributed by atoms with Gasteiger partial charge in [0.1, 0.15) is 0 Å². The van der Waals surface area contributed by atoms with Gasteiger partial charge in [0.15, 0.2) is 0 Å². The summed E-state index contributed by atoms with van der Waals surface area (Å²) in [6, 6.07) is 17.7. The van der Waals surface area contributed by atoms with Crippen molar-refractivity contribution in [2.24, 2.45) is 0 Å². The van der Waals surface area contributed by atoms with Gasteiger partial charge in [-0.25, -0.2) is 0 Å². The Morgan fingerprint density at radius 2 is 1.85 bits per heavy atom. The van der Waals surface area contributed by atoms with Crippen LogP contribution in [0, 0.1) is 0 Å². The number of fused-ring (bicyclic) bond motifs is 1. The average Bonchev–Trinajstić information content (AvgIpc) is 3.31. The normalized spacial score (nSPS) is 14.1. The van der Waals surface area contributed by atoms with Crippen LogP contribution >= 0.6 is 0 Å². The third-order valence-corrected chi connectivity index (χ3v) is 5.05. The van der Waals surface area contributed by atoms with Crippen LogP contribution in [0.15, 0.2) is 60.8 Å². The van der Waals surface area contributed by atoms with Crippen molar-refractivity contribution in [3.05, 3.63) is 66.4 Å². The van der Waals surface area contributed by atoms with Gasteiger partial charge in [-0.15, -0.1) is 0 Å². The molecule has 0 saturated carbocycles. The number of anilines is 1. The van der Waals surface area contributed by atoms with Crippen LogP contribution in [0.25, 0.3) is 10.9 Å². The standard InChI is InChI=1S/C22H23N3O2/c26-21-11-5-15-25(21)20-10-4-2-8-18(20)22(27)23-13-6-14-24-16-12-17-7-1-3-9-19(17)24/h1-4,7-10,12,16H,5-6,11,13-15H2,(H,23,27). The van der Waals surface area contributed by atoms with E-state index in [1.807, 2.05) is 30.3 Å². The van der Waals surface area contributed by atoms with E-state index in [4.69, 9.17) is 0 Å². The van der Waals surface area contributed by atoms with Gasteiger partial charge >= 0.3 is 0 Å². The maximum Gasteiger partial charge on any atom is 0.253 e. The second kappa shape index (κ2) is 7.66. The molecular weight excluding hydrogens is 338 g/mol. The summed E-state index contributed by atoms with van der Waals surface area (Å²) >= 11 is 0. The predicted molar refractivity (Wildman–Crippen MR) is 107 cm³/mol. The third-order valence-electron chi connectivity index (χ3n) is 5.05. The van der Waals surface area contributed by atoms with Crippen LogP contribution in [0.4, 0.5) is 5.69 Å². The molecule has 5 nitrogen and oxygen atoms in total. The first-order chi connectivity index (χ1) is 13.2. The van der Waals surface area contributed by atoms with Crippen molar-refractivity contribution in [1.82, 2.24) is 9.88 Å². The number of carbonyl (C=O) groups is 2. The molecule has 1 aromatic heterocycles. The Kier molecular flexibility index (Phi) is 4.92. The molecule has 0 aliphatic carbocycles. The summed E-state index contributed by atoms with van der Waals surface area (Å²) < 4.78 is 2.21. The third kappa shape index (κ3) is 3.58. The van der Waals surface area contributed by atoms with E-state index in [9.17, 15) is 9.59 Å². The van der Waals surface area contributed by atoms with Gasteiger partial charge in [-0.2, -0.15) is 0 Å². The molecular formula is C22H23N3O2. The van der Waals surface area contributed by atoms with Crippen LogP contribution in [-0.4, -0.2) is 29.5 Å². The highest BCUT2D eigenvalue weighted by atomic mass is 16.2. The zero-order valence-corrected chi connectivity index (χ0v) is 15.2. The fourth-order valence-corrected chi connectivity index (χ4v) is 3.69. The van der Waals surface area contributed by atoms with Crippen molar-refractivity contribution < 1.29 is 9.59 Å². The number of benzene rings is 2. The lowest BCUT2D eigenvalue weighted by molar-refractivity contribution is -0.117. The van der Waals surface area contributed by atoms with Crippen molar-refractivity contribution in [1.29, 1.82) is 0 Å². The zero-order chi connectivity index (χ0) is 18.6. The van der Waals surface area contributed by atoms with E-state index in [1.165, 1.54) is 10.9 Å². The van der Waals surface area contributed by atoms with Gasteiger partial charge in [0.05, 0.1) is 11.3 Å². The Bertz CT molecular complexity index is 976. The second-order valence-electron chi connectivity index (χ2n) is 6.84. The SMILES string of the molecule is O=C(NCCCn1ccc2ccccc21)c1ccccc1N1CCCC1=O. The number of nitrogens with one attached hydrogen (secondary N) is 1. The van der Waals surface area contributed by atoms with Crippen LogP contribution < -0.4 is 10.2 Å².